The largest absolute Gasteiger partial charge is 0.477 e. The van der Waals surface area contributed by atoms with Crippen molar-refractivity contribution in [1.82, 2.24) is 4.98 Å². The van der Waals surface area contributed by atoms with E-state index < -0.39 is 5.97 Å². The number of aromatic carboxylic acids is 1. The number of nitrogens with zero attached hydrogens (tertiary/aromatic N) is 1. The second kappa shape index (κ2) is 3.89. The summed E-state index contributed by atoms with van der Waals surface area (Å²) in [6, 6.07) is 1.54. The van der Waals surface area contributed by atoms with Gasteiger partial charge >= 0.3 is 5.97 Å². The van der Waals surface area contributed by atoms with Gasteiger partial charge in [0.2, 0.25) is 5.88 Å². The van der Waals surface area contributed by atoms with E-state index in [-0.39, 0.29) is 11.4 Å². The Morgan fingerprint density at radius 1 is 1.69 bits per heavy atom. The molecule has 13 heavy (non-hydrogen) atoms. The highest BCUT2D eigenvalue weighted by atomic mass is 16.5. The molecule has 0 spiro atoms. The van der Waals surface area contributed by atoms with Crippen molar-refractivity contribution in [3.05, 3.63) is 23.4 Å². The molecule has 70 valence electrons. The standard InChI is InChI=1S/C9H11NO3/c1-3-13-8-7(9(11)12)4-6(2)5-10-8/h4-5H,3H2,1-2H3,(H,11,12). The van der Waals surface area contributed by atoms with Gasteiger partial charge in [-0.2, -0.15) is 0 Å². The number of carboxylic acid groups (broad SMARTS) is 1. The molecule has 4 nitrogen and oxygen atoms in total. The monoisotopic (exact) mass is 181 g/mol. The molecule has 0 fully saturated rings. The maximum atomic E-state index is 10.7. The third kappa shape index (κ3) is 2.18. The molecule has 1 N–H and O–H groups in total. The van der Waals surface area contributed by atoms with Crippen LogP contribution in [0.25, 0.3) is 0 Å². The van der Waals surface area contributed by atoms with Crippen molar-refractivity contribution < 1.29 is 14.6 Å². The minimum atomic E-state index is -1.01. The van der Waals surface area contributed by atoms with Gasteiger partial charge in [0, 0.05) is 6.20 Å². The van der Waals surface area contributed by atoms with Crippen molar-refractivity contribution in [3.8, 4) is 5.88 Å². The maximum Gasteiger partial charge on any atom is 0.341 e. The van der Waals surface area contributed by atoms with E-state index in [0.717, 1.165) is 5.56 Å². The van der Waals surface area contributed by atoms with E-state index in [2.05, 4.69) is 4.98 Å². The van der Waals surface area contributed by atoms with Gasteiger partial charge in [-0.25, -0.2) is 9.78 Å². The summed E-state index contributed by atoms with van der Waals surface area (Å²) < 4.78 is 5.06. The zero-order valence-electron chi connectivity index (χ0n) is 7.57. The number of hydrogen-bond acceptors (Lipinski definition) is 3. The highest BCUT2D eigenvalue weighted by Crippen LogP contribution is 2.15. The van der Waals surface area contributed by atoms with Crippen molar-refractivity contribution in [1.29, 1.82) is 0 Å². The van der Waals surface area contributed by atoms with Crippen LogP contribution in [0.15, 0.2) is 12.3 Å². The molecule has 0 aliphatic heterocycles. The summed E-state index contributed by atoms with van der Waals surface area (Å²) in [5.74, 6) is -0.833. The molecule has 0 amide bonds. The summed E-state index contributed by atoms with van der Waals surface area (Å²) in [7, 11) is 0. The Labute approximate surface area is 76.2 Å². The summed E-state index contributed by atoms with van der Waals surface area (Å²) in [6.07, 6.45) is 1.58. The summed E-state index contributed by atoms with van der Waals surface area (Å²) in [5, 5.41) is 8.80. The van der Waals surface area contributed by atoms with E-state index >= 15 is 0 Å². The van der Waals surface area contributed by atoms with Crippen molar-refractivity contribution in [2.24, 2.45) is 0 Å². The minimum absolute atomic E-state index is 0.113. The molecule has 0 saturated carbocycles. The van der Waals surface area contributed by atoms with Crippen molar-refractivity contribution >= 4 is 5.97 Å². The van der Waals surface area contributed by atoms with Gasteiger partial charge in [0.05, 0.1) is 6.61 Å². The zero-order valence-corrected chi connectivity index (χ0v) is 7.57. The molecule has 1 rings (SSSR count). The van der Waals surface area contributed by atoms with Crippen LogP contribution >= 0.6 is 0 Å². The van der Waals surface area contributed by atoms with E-state index in [1.165, 1.54) is 0 Å². The average Bonchev–Trinajstić information content (AvgIpc) is 2.08. The van der Waals surface area contributed by atoms with E-state index in [9.17, 15) is 4.79 Å². The Balaban J connectivity index is 3.10. The van der Waals surface area contributed by atoms with Gasteiger partial charge in [-0.1, -0.05) is 0 Å². The van der Waals surface area contributed by atoms with Crippen LogP contribution in [0.4, 0.5) is 0 Å². The summed E-state index contributed by atoms with van der Waals surface area (Å²) in [5.41, 5.74) is 0.919. The maximum absolute atomic E-state index is 10.7. The zero-order chi connectivity index (χ0) is 9.84. The minimum Gasteiger partial charge on any atom is -0.477 e. The van der Waals surface area contributed by atoms with Crippen LogP contribution in [-0.2, 0) is 0 Å². The number of carboxylic acids is 1. The molecule has 0 saturated heterocycles. The molecule has 1 aromatic rings. The first-order valence-electron chi connectivity index (χ1n) is 3.98. The fourth-order valence-corrected chi connectivity index (χ4v) is 0.962. The van der Waals surface area contributed by atoms with Crippen LogP contribution in [0.2, 0.25) is 0 Å². The lowest BCUT2D eigenvalue weighted by Gasteiger charge is -2.05. The van der Waals surface area contributed by atoms with Crippen molar-refractivity contribution in [3.63, 3.8) is 0 Å². The Morgan fingerprint density at radius 2 is 2.38 bits per heavy atom. The molecule has 0 radical (unpaired) electrons. The quantitative estimate of drug-likeness (QED) is 0.767. The van der Waals surface area contributed by atoms with Gasteiger partial charge in [0.1, 0.15) is 5.56 Å². The SMILES string of the molecule is CCOc1ncc(C)cc1C(=O)O. The average molecular weight is 181 g/mol. The fourth-order valence-electron chi connectivity index (χ4n) is 0.962. The molecular formula is C9H11NO3. The molecule has 0 aromatic carbocycles. The third-order valence-electron chi connectivity index (χ3n) is 1.50. The first-order chi connectivity index (χ1) is 6.15. The number of hydrogen-bond donors (Lipinski definition) is 1. The van der Waals surface area contributed by atoms with Crippen LogP contribution < -0.4 is 4.74 Å². The van der Waals surface area contributed by atoms with Crippen molar-refractivity contribution in [2.75, 3.05) is 6.61 Å². The van der Waals surface area contributed by atoms with Gasteiger partial charge < -0.3 is 9.84 Å². The fraction of sp³-hybridized carbons (Fsp3) is 0.333. The normalized spacial score (nSPS) is 9.69. The Hall–Kier alpha value is -1.58. The number of rotatable bonds is 3. The Morgan fingerprint density at radius 3 is 2.92 bits per heavy atom. The molecule has 1 aromatic heterocycles. The molecule has 0 aliphatic rings. The number of ether oxygens (including phenoxy) is 1. The highest BCUT2D eigenvalue weighted by Gasteiger charge is 2.12. The lowest BCUT2D eigenvalue weighted by atomic mass is 10.2. The van der Waals surface area contributed by atoms with Crippen molar-refractivity contribution in [2.45, 2.75) is 13.8 Å². The first-order valence-corrected chi connectivity index (χ1v) is 3.98. The molecule has 0 atom stereocenters. The van der Waals surface area contributed by atoms with Gasteiger partial charge in [-0.05, 0) is 25.5 Å². The lowest BCUT2D eigenvalue weighted by Crippen LogP contribution is -2.05. The lowest BCUT2D eigenvalue weighted by molar-refractivity contribution is 0.0691. The second-order valence-corrected chi connectivity index (χ2v) is 2.60. The first kappa shape index (κ1) is 9.51. The van der Waals surface area contributed by atoms with Gasteiger partial charge in [0.25, 0.3) is 0 Å². The number of carbonyl (C=O) groups is 1. The second-order valence-electron chi connectivity index (χ2n) is 2.60. The third-order valence-corrected chi connectivity index (χ3v) is 1.50. The Kier molecular flexibility index (Phi) is 2.84. The molecule has 4 heteroatoms. The van der Waals surface area contributed by atoms with Crippen LogP contribution in [0, 0.1) is 6.92 Å². The predicted molar refractivity (Wildman–Crippen MR) is 47.1 cm³/mol. The number of aromatic nitrogens is 1. The molecule has 0 aliphatic carbocycles. The van der Waals surface area contributed by atoms with Crippen LogP contribution in [-0.4, -0.2) is 22.7 Å². The van der Waals surface area contributed by atoms with Crippen LogP contribution in [0.3, 0.4) is 0 Å². The van der Waals surface area contributed by atoms with Crippen LogP contribution in [0.5, 0.6) is 5.88 Å². The predicted octanol–water partition coefficient (Wildman–Crippen LogP) is 1.49. The van der Waals surface area contributed by atoms with E-state index in [1.54, 1.807) is 26.1 Å². The van der Waals surface area contributed by atoms with Gasteiger partial charge in [-0.15, -0.1) is 0 Å². The molecule has 0 bridgehead atoms. The topological polar surface area (TPSA) is 59.4 Å². The van der Waals surface area contributed by atoms with Crippen LogP contribution in [0.1, 0.15) is 22.8 Å². The molecular weight excluding hydrogens is 170 g/mol. The molecule has 1 heterocycles. The highest BCUT2D eigenvalue weighted by molar-refractivity contribution is 5.90. The van der Waals surface area contributed by atoms with E-state index in [0.29, 0.717) is 6.61 Å². The van der Waals surface area contributed by atoms with Gasteiger partial charge in [-0.3, -0.25) is 0 Å². The smallest absolute Gasteiger partial charge is 0.341 e. The van der Waals surface area contributed by atoms with E-state index in [1.807, 2.05) is 0 Å². The van der Waals surface area contributed by atoms with Gasteiger partial charge in [0.15, 0.2) is 0 Å². The number of pyridine rings is 1. The summed E-state index contributed by atoms with van der Waals surface area (Å²) in [4.78, 5) is 14.6. The molecule has 0 unspecified atom stereocenters. The summed E-state index contributed by atoms with van der Waals surface area (Å²) in [6.45, 7) is 3.98. The number of aryl methyl sites for hydroxylation is 1. The van der Waals surface area contributed by atoms with E-state index in [4.69, 9.17) is 9.84 Å². The Bertz CT molecular complexity index is 323. The summed E-state index contributed by atoms with van der Waals surface area (Å²) >= 11 is 0.